The first-order valence-corrected chi connectivity index (χ1v) is 19.9. The predicted molar refractivity (Wildman–Crippen MR) is 153 cm³/mol. The van der Waals surface area contributed by atoms with Crippen molar-refractivity contribution >= 4 is 29.9 Å². The van der Waals surface area contributed by atoms with Crippen molar-refractivity contribution in [2.45, 2.75) is 141 Å². The van der Waals surface area contributed by atoms with E-state index in [0.717, 1.165) is 19.3 Å². The molecule has 48 heavy (non-hydrogen) atoms. The van der Waals surface area contributed by atoms with E-state index in [9.17, 15) is 52.1 Å². The van der Waals surface area contributed by atoms with Crippen LogP contribution in [0.15, 0.2) is 17.0 Å². The topological polar surface area (TPSA) is 122 Å². The van der Waals surface area contributed by atoms with Gasteiger partial charge in [0, 0.05) is 0 Å². The number of halogens is 9. The van der Waals surface area contributed by atoms with Crippen molar-refractivity contribution in [3.8, 4) is 0 Å². The Morgan fingerprint density at radius 2 is 0.875 bits per heavy atom. The summed E-state index contributed by atoms with van der Waals surface area (Å²) in [6.07, 6.45) is 8.09. The number of rotatable bonds is 10. The van der Waals surface area contributed by atoms with Crippen LogP contribution in [0.1, 0.15) is 131 Å². The molecule has 3 aliphatic carbocycles. The van der Waals surface area contributed by atoms with E-state index in [4.69, 9.17) is 0 Å². The molecule has 0 saturated heterocycles. The summed E-state index contributed by atoms with van der Waals surface area (Å²) in [4.78, 5) is 10.2. The maximum atomic E-state index is 15.9. The van der Waals surface area contributed by atoms with Crippen LogP contribution in [0.3, 0.4) is 0 Å². The molecule has 0 radical (unpaired) electrons. The average Bonchev–Trinajstić information content (AvgIpc) is 3.04. The van der Waals surface area contributed by atoms with E-state index in [0.29, 0.717) is 56.9 Å². The highest BCUT2D eigenvalue weighted by atomic mass is 32.3. The molecule has 0 atom stereocenters. The lowest BCUT2D eigenvalue weighted by Gasteiger charge is -2.35. The summed E-state index contributed by atoms with van der Waals surface area (Å²) in [5.74, 6) is -9.39. The molecular weight excluding hydrogens is 729 g/mol. The molecule has 0 aromatic heterocycles. The first kappa shape index (κ1) is 38.8. The molecule has 1 aromatic rings. The van der Waals surface area contributed by atoms with E-state index < -0.39 is 72.1 Å². The number of nitrogens with zero attached hydrogens (tertiary/aromatic N) is 1. The van der Waals surface area contributed by atoms with Gasteiger partial charge in [0.05, 0.1) is 9.80 Å². The van der Waals surface area contributed by atoms with Crippen molar-refractivity contribution in [1.82, 2.24) is 0 Å². The SMILES string of the molecule is O=[N+](S(=O)(=O)C(F)(F)F)S(=O)(=O)C(F)(F)C(F)(F)C(F)(F)S(=O)(=O)c1c(C2CCCCC2)cc(C2CCCCC2)cc1C1CCCCC1. The van der Waals surface area contributed by atoms with Crippen LogP contribution in [0.25, 0.3) is 0 Å². The van der Waals surface area contributed by atoms with E-state index in [1.165, 1.54) is 12.1 Å². The fourth-order valence-corrected chi connectivity index (χ4v) is 11.3. The Morgan fingerprint density at radius 3 is 1.23 bits per heavy atom. The Morgan fingerprint density at radius 1 is 0.521 bits per heavy atom. The molecule has 4 rings (SSSR count). The van der Waals surface area contributed by atoms with Crippen LogP contribution >= 0.6 is 0 Å². The number of hydrogen-bond donors (Lipinski definition) is 0. The minimum atomic E-state index is -8.40. The lowest BCUT2D eigenvalue weighted by atomic mass is 9.76. The van der Waals surface area contributed by atoms with Crippen molar-refractivity contribution < 1.29 is 68.3 Å². The Balaban J connectivity index is 1.97. The van der Waals surface area contributed by atoms with Gasteiger partial charge in [-0.1, -0.05) is 69.9 Å². The molecular formula is C28H35F9NO7S3+. The molecule has 0 amide bonds. The van der Waals surface area contributed by atoms with Crippen LogP contribution in [0.4, 0.5) is 39.5 Å². The van der Waals surface area contributed by atoms with Gasteiger partial charge in [0.2, 0.25) is 0 Å². The van der Waals surface area contributed by atoms with Crippen molar-refractivity contribution in [3.05, 3.63) is 33.7 Å². The average molecular weight is 765 g/mol. The van der Waals surface area contributed by atoms with Crippen LogP contribution in [0.2, 0.25) is 0 Å². The minimum absolute atomic E-state index is 0.143. The quantitative estimate of drug-likeness (QED) is 0.173. The molecule has 3 saturated carbocycles. The Hall–Kier alpha value is -1.96. The van der Waals surface area contributed by atoms with Crippen LogP contribution in [0.5, 0.6) is 0 Å². The molecule has 0 bridgehead atoms. The van der Waals surface area contributed by atoms with Gasteiger partial charge in [-0.2, -0.15) is 47.9 Å². The second-order valence-corrected chi connectivity index (χ2v) is 18.5. The second kappa shape index (κ2) is 13.3. The highest BCUT2D eigenvalue weighted by molar-refractivity contribution is 7.98. The van der Waals surface area contributed by atoms with Gasteiger partial charge in [-0.25, -0.2) is 8.42 Å². The van der Waals surface area contributed by atoms with Gasteiger partial charge < -0.3 is 0 Å². The zero-order chi connectivity index (χ0) is 36.1. The second-order valence-electron chi connectivity index (χ2n) is 12.8. The highest BCUT2D eigenvalue weighted by Gasteiger charge is 2.87. The smallest absolute Gasteiger partial charge is 0.217 e. The molecule has 0 aliphatic heterocycles. The first-order chi connectivity index (χ1) is 21.9. The van der Waals surface area contributed by atoms with Gasteiger partial charge in [0.15, 0.2) is 0 Å². The lowest BCUT2D eigenvalue weighted by molar-refractivity contribution is -0.283. The molecule has 1 aromatic carbocycles. The van der Waals surface area contributed by atoms with Gasteiger partial charge in [-0.05, 0) is 73.0 Å². The van der Waals surface area contributed by atoms with E-state index in [1.54, 1.807) is 0 Å². The Kier molecular flexibility index (Phi) is 10.8. The monoisotopic (exact) mass is 764 g/mol. The van der Waals surface area contributed by atoms with Crippen molar-refractivity contribution in [2.24, 2.45) is 0 Å². The van der Waals surface area contributed by atoms with Gasteiger partial charge in [0.1, 0.15) is 0 Å². The molecule has 274 valence electrons. The molecule has 3 aliphatic rings. The third kappa shape index (κ3) is 6.38. The van der Waals surface area contributed by atoms with Crippen LogP contribution in [-0.2, 0) is 29.9 Å². The van der Waals surface area contributed by atoms with Crippen LogP contribution < -0.4 is 0 Å². The maximum Gasteiger partial charge on any atom is 0.566 e. The summed E-state index contributed by atoms with van der Waals surface area (Å²) < 4.78 is 201. The van der Waals surface area contributed by atoms with Crippen molar-refractivity contribution in [3.63, 3.8) is 0 Å². The number of benzene rings is 1. The summed E-state index contributed by atoms with van der Waals surface area (Å²) >= 11 is 0. The predicted octanol–water partition coefficient (Wildman–Crippen LogP) is 8.38. The fraction of sp³-hybridized carbons (Fsp3) is 0.786. The van der Waals surface area contributed by atoms with Gasteiger partial charge in [-0.15, -0.1) is 8.42 Å². The first-order valence-electron chi connectivity index (χ1n) is 15.5. The standard InChI is InChI=1S/C28H35F9NO7S3/c29-25(30,27(33,34)47(42,43)38(39)48(44,45)28(35,36)37)26(31,32)46(40,41)24-22(19-12-6-2-7-13-19)16-21(18-10-4-1-5-11-18)17-23(24)20-14-8-3-9-15-20/h16-20H,1-15H2/q+1. The molecule has 8 nitrogen and oxygen atoms in total. The fourth-order valence-electron chi connectivity index (χ4n) is 7.05. The summed E-state index contributed by atoms with van der Waals surface area (Å²) in [5, 5.41) is -14.8. The zero-order valence-electron chi connectivity index (χ0n) is 25.4. The van der Waals surface area contributed by atoms with Crippen LogP contribution in [-0.4, -0.2) is 50.8 Å². The normalized spacial score (nSPS) is 20.9. The summed E-state index contributed by atoms with van der Waals surface area (Å²) in [5.41, 5.74) is -7.00. The van der Waals surface area contributed by atoms with E-state index in [-0.39, 0.29) is 42.7 Å². The molecule has 3 fully saturated rings. The minimum Gasteiger partial charge on any atom is -0.217 e. The highest BCUT2D eigenvalue weighted by Crippen LogP contribution is 2.56. The van der Waals surface area contributed by atoms with E-state index in [1.807, 2.05) is 0 Å². The summed E-state index contributed by atoms with van der Waals surface area (Å²) in [6.45, 7) is 0. The van der Waals surface area contributed by atoms with E-state index >= 15 is 17.6 Å². The van der Waals surface area contributed by atoms with Gasteiger partial charge in [0.25, 0.3) is 13.4 Å². The number of sulfonamides is 2. The number of alkyl halides is 9. The largest absolute Gasteiger partial charge is 0.566 e. The van der Waals surface area contributed by atoms with Gasteiger partial charge >= 0.3 is 42.0 Å². The van der Waals surface area contributed by atoms with Crippen molar-refractivity contribution in [1.29, 1.82) is 0 Å². The van der Waals surface area contributed by atoms with Crippen molar-refractivity contribution in [2.75, 3.05) is 0 Å². The molecule has 0 N–H and O–H groups in total. The van der Waals surface area contributed by atoms with Gasteiger partial charge in [-0.3, -0.25) is 0 Å². The number of nitroso groups, excluding NO2 is 1. The molecule has 0 spiro atoms. The lowest BCUT2D eigenvalue weighted by Crippen LogP contribution is -2.62. The third-order valence-corrected chi connectivity index (χ3v) is 15.1. The maximum absolute atomic E-state index is 15.9. The molecule has 0 heterocycles. The van der Waals surface area contributed by atoms with Crippen LogP contribution in [0, 0.1) is 4.91 Å². The third-order valence-electron chi connectivity index (χ3n) is 9.68. The Bertz CT molecular complexity index is 1670. The van der Waals surface area contributed by atoms with E-state index in [2.05, 4.69) is 0 Å². The summed E-state index contributed by atoms with van der Waals surface area (Å²) in [6, 6.07) is 2.62. The zero-order valence-corrected chi connectivity index (χ0v) is 27.9. The Labute approximate surface area is 272 Å². The molecule has 20 heteroatoms. The molecule has 0 unspecified atom stereocenters. The number of sulfone groups is 1. The number of hydrogen-bond acceptors (Lipinski definition) is 7. The summed E-state index contributed by atoms with van der Waals surface area (Å²) in [7, 11) is -23.3.